The zero-order valence-corrected chi connectivity index (χ0v) is 19.2. The molecule has 0 unspecified atom stereocenters. The molecule has 32 heavy (non-hydrogen) atoms. The van der Waals surface area contributed by atoms with Crippen molar-refractivity contribution in [3.63, 3.8) is 0 Å². The van der Waals surface area contributed by atoms with Crippen molar-refractivity contribution < 1.29 is 22.7 Å². The van der Waals surface area contributed by atoms with Gasteiger partial charge in [-0.1, -0.05) is 51.3 Å². The summed E-state index contributed by atoms with van der Waals surface area (Å²) >= 11 is 15.4. The molecular weight excluding hydrogens is 532 g/mol. The van der Waals surface area contributed by atoms with Crippen LogP contribution in [0.2, 0.25) is 10.0 Å². The first-order valence-corrected chi connectivity index (χ1v) is 10.6. The summed E-state index contributed by atoms with van der Waals surface area (Å²) in [5.41, 5.74) is 2.38. The van der Waals surface area contributed by atoms with Crippen LogP contribution in [0, 0.1) is 0 Å². The molecule has 0 aliphatic carbocycles. The third kappa shape index (κ3) is 6.48. The highest BCUT2D eigenvalue weighted by Gasteiger charge is 2.30. The van der Waals surface area contributed by atoms with Crippen LogP contribution in [-0.4, -0.2) is 12.1 Å². The van der Waals surface area contributed by atoms with Crippen LogP contribution in [0.4, 0.5) is 13.2 Å². The molecule has 3 aromatic rings. The molecule has 4 nitrogen and oxygen atoms in total. The Morgan fingerprint density at radius 3 is 2.59 bits per heavy atom. The summed E-state index contributed by atoms with van der Waals surface area (Å²) in [4.78, 5) is 12.2. The summed E-state index contributed by atoms with van der Waals surface area (Å²) in [7, 11) is 0. The van der Waals surface area contributed by atoms with E-state index in [4.69, 9.17) is 27.9 Å². The van der Waals surface area contributed by atoms with Crippen LogP contribution < -0.4 is 10.2 Å². The molecular formula is C22H14BrCl2F3N2O2. The molecule has 0 heterocycles. The number of nitrogens with zero attached hydrogens (tertiary/aromatic N) is 1. The van der Waals surface area contributed by atoms with E-state index in [1.807, 2.05) is 0 Å². The lowest BCUT2D eigenvalue weighted by Crippen LogP contribution is -2.18. The Morgan fingerprint density at radius 1 is 1.09 bits per heavy atom. The zero-order valence-electron chi connectivity index (χ0n) is 16.1. The van der Waals surface area contributed by atoms with Crippen LogP contribution in [0.15, 0.2) is 70.2 Å². The maximum absolute atomic E-state index is 12.8. The Morgan fingerprint density at radius 2 is 1.88 bits per heavy atom. The first kappa shape index (κ1) is 24.1. The fourth-order valence-electron chi connectivity index (χ4n) is 2.61. The van der Waals surface area contributed by atoms with E-state index in [0.29, 0.717) is 21.4 Å². The van der Waals surface area contributed by atoms with Gasteiger partial charge in [0, 0.05) is 31.2 Å². The highest BCUT2D eigenvalue weighted by atomic mass is 79.9. The van der Waals surface area contributed by atoms with Crippen LogP contribution in [0.3, 0.4) is 0 Å². The number of hydrazone groups is 1. The average molecular weight is 546 g/mol. The lowest BCUT2D eigenvalue weighted by Gasteiger charge is -2.11. The molecule has 1 N–H and O–H groups in total. The van der Waals surface area contributed by atoms with Crippen LogP contribution in [0.5, 0.6) is 5.75 Å². The van der Waals surface area contributed by atoms with Crippen molar-refractivity contribution in [3.8, 4) is 5.75 Å². The number of hydrogen-bond donors (Lipinski definition) is 1. The summed E-state index contributed by atoms with van der Waals surface area (Å²) in [6.45, 7) is 0.162. The minimum atomic E-state index is -4.55. The van der Waals surface area contributed by atoms with Crippen LogP contribution in [-0.2, 0) is 12.8 Å². The SMILES string of the molecule is O=C(N/N=C\c1cc(Br)ccc1OCc1ccc(Cl)cc1Cl)c1cccc(C(F)(F)F)c1. The number of amides is 1. The zero-order chi connectivity index (χ0) is 23.3. The predicted octanol–water partition coefficient (Wildman–Crippen LogP) is 7.12. The van der Waals surface area contributed by atoms with Gasteiger partial charge in [0.25, 0.3) is 5.91 Å². The van der Waals surface area contributed by atoms with E-state index in [9.17, 15) is 18.0 Å². The lowest BCUT2D eigenvalue weighted by molar-refractivity contribution is -0.137. The number of hydrogen-bond acceptors (Lipinski definition) is 3. The number of carbonyl (C=O) groups excluding carboxylic acids is 1. The van der Waals surface area contributed by atoms with Crippen molar-refractivity contribution in [1.29, 1.82) is 0 Å². The fourth-order valence-corrected chi connectivity index (χ4v) is 3.45. The molecule has 0 spiro atoms. The summed E-state index contributed by atoms with van der Waals surface area (Å²) < 4.78 is 45.0. The van der Waals surface area contributed by atoms with Crippen molar-refractivity contribution >= 4 is 51.3 Å². The molecule has 0 aliphatic rings. The lowest BCUT2D eigenvalue weighted by atomic mass is 10.1. The van der Waals surface area contributed by atoms with E-state index in [-0.39, 0.29) is 12.2 Å². The molecule has 10 heteroatoms. The van der Waals surface area contributed by atoms with E-state index in [1.54, 1.807) is 36.4 Å². The van der Waals surface area contributed by atoms with Gasteiger partial charge >= 0.3 is 6.18 Å². The summed E-state index contributed by atoms with van der Waals surface area (Å²) in [6.07, 6.45) is -3.22. The number of alkyl halides is 3. The third-order valence-corrected chi connectivity index (χ3v) is 5.27. The second-order valence-corrected chi connectivity index (χ2v) is 8.24. The Bertz CT molecular complexity index is 1170. The summed E-state index contributed by atoms with van der Waals surface area (Å²) in [5, 5.41) is 4.81. The van der Waals surface area contributed by atoms with Crippen molar-refractivity contribution in [2.45, 2.75) is 12.8 Å². The van der Waals surface area contributed by atoms with E-state index in [0.717, 1.165) is 28.2 Å². The van der Waals surface area contributed by atoms with Gasteiger partial charge in [0.15, 0.2) is 0 Å². The molecule has 3 aromatic carbocycles. The van der Waals surface area contributed by atoms with Gasteiger partial charge in [-0.3, -0.25) is 4.79 Å². The number of halogens is 6. The second-order valence-electron chi connectivity index (χ2n) is 6.48. The van der Waals surface area contributed by atoms with Gasteiger partial charge in [-0.25, -0.2) is 5.43 Å². The number of benzene rings is 3. The maximum Gasteiger partial charge on any atom is 0.416 e. The largest absolute Gasteiger partial charge is 0.488 e. The van der Waals surface area contributed by atoms with Crippen molar-refractivity contribution in [3.05, 3.63) is 97.4 Å². The predicted molar refractivity (Wildman–Crippen MR) is 121 cm³/mol. The van der Waals surface area contributed by atoms with Crippen LogP contribution in [0.25, 0.3) is 0 Å². The first-order valence-electron chi connectivity index (χ1n) is 9.00. The average Bonchev–Trinajstić information content (AvgIpc) is 2.73. The Hall–Kier alpha value is -2.55. The number of carbonyl (C=O) groups is 1. The highest BCUT2D eigenvalue weighted by molar-refractivity contribution is 9.10. The Kier molecular flexibility index (Phi) is 7.82. The molecule has 0 saturated heterocycles. The van der Waals surface area contributed by atoms with E-state index in [2.05, 4.69) is 26.5 Å². The van der Waals surface area contributed by atoms with E-state index < -0.39 is 17.6 Å². The van der Waals surface area contributed by atoms with E-state index in [1.165, 1.54) is 12.3 Å². The van der Waals surface area contributed by atoms with Crippen molar-refractivity contribution in [2.75, 3.05) is 0 Å². The van der Waals surface area contributed by atoms with Gasteiger partial charge in [-0.2, -0.15) is 18.3 Å². The van der Waals surface area contributed by atoms with Gasteiger partial charge in [-0.15, -0.1) is 0 Å². The van der Waals surface area contributed by atoms with E-state index >= 15 is 0 Å². The Balaban J connectivity index is 1.71. The topological polar surface area (TPSA) is 50.7 Å². The Labute approximate surface area is 200 Å². The highest BCUT2D eigenvalue weighted by Crippen LogP contribution is 2.29. The second kappa shape index (κ2) is 10.4. The van der Waals surface area contributed by atoms with Gasteiger partial charge in [0.05, 0.1) is 11.8 Å². The first-order chi connectivity index (χ1) is 15.1. The molecule has 3 rings (SSSR count). The number of rotatable bonds is 6. The molecule has 0 aliphatic heterocycles. The third-order valence-electron chi connectivity index (χ3n) is 4.19. The monoisotopic (exact) mass is 544 g/mol. The standard InChI is InChI=1S/C22H14BrCl2F3N2O2/c23-17-5-7-20(32-12-14-4-6-18(24)10-19(14)25)15(9-17)11-29-30-21(31)13-2-1-3-16(8-13)22(26,27)28/h1-11H,12H2,(H,30,31)/b29-11-. The van der Waals surface area contributed by atoms with Crippen LogP contribution in [0.1, 0.15) is 27.0 Å². The van der Waals surface area contributed by atoms with Crippen molar-refractivity contribution in [1.82, 2.24) is 5.43 Å². The van der Waals surface area contributed by atoms with Gasteiger partial charge in [0.1, 0.15) is 12.4 Å². The summed E-state index contributed by atoms with van der Waals surface area (Å²) in [5.74, 6) is -0.325. The van der Waals surface area contributed by atoms with Gasteiger partial charge in [0.2, 0.25) is 0 Å². The molecule has 0 saturated carbocycles. The molecule has 0 bridgehead atoms. The molecule has 0 atom stereocenters. The molecule has 0 radical (unpaired) electrons. The molecule has 1 amide bonds. The van der Waals surface area contributed by atoms with Crippen LogP contribution >= 0.6 is 39.1 Å². The number of ether oxygens (including phenoxy) is 1. The maximum atomic E-state index is 12.8. The summed E-state index contributed by atoms with van der Waals surface area (Å²) in [6, 6.07) is 14.3. The van der Waals surface area contributed by atoms with Crippen molar-refractivity contribution in [2.24, 2.45) is 5.10 Å². The van der Waals surface area contributed by atoms with Gasteiger partial charge in [-0.05, 0) is 48.5 Å². The minimum absolute atomic E-state index is 0.162. The van der Waals surface area contributed by atoms with Gasteiger partial charge < -0.3 is 4.74 Å². The fraction of sp³-hybridized carbons (Fsp3) is 0.0909. The molecule has 0 fully saturated rings. The molecule has 166 valence electrons. The minimum Gasteiger partial charge on any atom is -0.488 e. The normalized spacial score (nSPS) is 11.6. The number of nitrogens with one attached hydrogen (secondary N) is 1. The molecule has 0 aromatic heterocycles. The smallest absolute Gasteiger partial charge is 0.416 e. The quantitative estimate of drug-likeness (QED) is 0.265.